The molecule has 0 radical (unpaired) electrons. The summed E-state index contributed by atoms with van der Waals surface area (Å²) in [6.07, 6.45) is 0. The first-order valence-corrected chi connectivity index (χ1v) is 18.9. The number of benzene rings is 7. The van der Waals surface area contributed by atoms with Crippen molar-refractivity contribution in [2.24, 2.45) is 0 Å². The summed E-state index contributed by atoms with van der Waals surface area (Å²) in [5.74, 6) is 0. The average Bonchev–Trinajstić information content (AvgIpc) is 3.48. The van der Waals surface area contributed by atoms with Gasteiger partial charge in [-0.1, -0.05) is 172 Å². The van der Waals surface area contributed by atoms with Gasteiger partial charge in [0.25, 0.3) is 0 Å². The quantitative estimate of drug-likeness (QED) is 0.171. The molecule has 0 N–H and O–H groups in total. The van der Waals surface area contributed by atoms with Crippen LogP contribution in [0.4, 0.5) is 0 Å². The van der Waals surface area contributed by atoms with Crippen LogP contribution in [-0.2, 0) is 5.41 Å². The van der Waals surface area contributed by atoms with Gasteiger partial charge in [0.05, 0.1) is 33.6 Å². The number of nitrogens with zero attached hydrogens (tertiary/aromatic N) is 3. The van der Waals surface area contributed by atoms with Crippen molar-refractivity contribution in [3.63, 3.8) is 0 Å². The third-order valence-electron chi connectivity index (χ3n) is 11.6. The molecule has 3 aromatic heterocycles. The molecule has 0 amide bonds. The maximum absolute atomic E-state index is 5.37. The Labute approximate surface area is 319 Å². The van der Waals surface area contributed by atoms with Crippen molar-refractivity contribution >= 4 is 43.5 Å². The molecule has 3 heterocycles. The highest BCUT2D eigenvalue weighted by atomic mass is 14.8. The lowest BCUT2D eigenvalue weighted by atomic mass is 9.78. The molecule has 10 aromatic rings. The van der Waals surface area contributed by atoms with Crippen LogP contribution in [0.25, 0.3) is 99.5 Å². The number of pyridine rings is 3. The molecule has 0 bridgehead atoms. The largest absolute Gasteiger partial charge is 0.247 e. The van der Waals surface area contributed by atoms with Gasteiger partial charge in [-0.3, -0.25) is 0 Å². The Morgan fingerprint density at radius 1 is 0.400 bits per heavy atom. The van der Waals surface area contributed by atoms with Gasteiger partial charge in [-0.15, -0.1) is 0 Å². The van der Waals surface area contributed by atoms with Gasteiger partial charge in [0.2, 0.25) is 0 Å². The van der Waals surface area contributed by atoms with Crippen molar-refractivity contribution in [3.05, 3.63) is 187 Å². The maximum atomic E-state index is 5.37. The minimum absolute atomic E-state index is 0.197. The van der Waals surface area contributed by atoms with E-state index in [-0.39, 0.29) is 5.41 Å². The second-order valence-electron chi connectivity index (χ2n) is 15.2. The molecule has 0 saturated heterocycles. The molecule has 0 aliphatic heterocycles. The van der Waals surface area contributed by atoms with Crippen LogP contribution in [0.1, 0.15) is 25.0 Å². The van der Waals surface area contributed by atoms with E-state index in [9.17, 15) is 0 Å². The number of hydrogen-bond donors (Lipinski definition) is 0. The van der Waals surface area contributed by atoms with E-state index in [1.807, 2.05) is 18.2 Å². The summed E-state index contributed by atoms with van der Waals surface area (Å²) in [5, 5.41) is 5.85. The Balaban J connectivity index is 0.985. The molecular formula is C52H35N3. The van der Waals surface area contributed by atoms with Crippen molar-refractivity contribution in [3.8, 4) is 56.0 Å². The van der Waals surface area contributed by atoms with E-state index in [0.717, 1.165) is 55.5 Å². The van der Waals surface area contributed by atoms with Gasteiger partial charge in [-0.05, 0) is 62.4 Å². The first-order chi connectivity index (χ1) is 27.0. The number of fused-ring (bicyclic) bond motifs is 9. The maximum Gasteiger partial charge on any atom is 0.0972 e. The lowest BCUT2D eigenvalue weighted by Crippen LogP contribution is -2.16. The molecule has 0 unspecified atom stereocenters. The molecule has 1 aliphatic rings. The Morgan fingerprint density at radius 2 is 0.927 bits per heavy atom. The summed E-state index contributed by atoms with van der Waals surface area (Å²) < 4.78 is 0. The summed E-state index contributed by atoms with van der Waals surface area (Å²) >= 11 is 0. The lowest BCUT2D eigenvalue weighted by Gasteiger charge is -2.25. The molecule has 0 atom stereocenters. The highest BCUT2D eigenvalue weighted by Gasteiger charge is 2.39. The SMILES string of the molecule is CC1(C)c2ccccc2-c2nc3ccc4ccccc4c3c(-c3ccc(-c4ccc(-c5ccc6ccc7ccc(-c8ccccc8)nc7c6n5)cc4)cc3)c21. The summed E-state index contributed by atoms with van der Waals surface area (Å²) in [6, 6.07) is 62.9. The Morgan fingerprint density at radius 3 is 1.62 bits per heavy atom. The Hall–Kier alpha value is -6.97. The fourth-order valence-corrected chi connectivity index (χ4v) is 8.86. The molecule has 7 aromatic carbocycles. The van der Waals surface area contributed by atoms with Crippen molar-refractivity contribution in [2.45, 2.75) is 19.3 Å². The van der Waals surface area contributed by atoms with Crippen LogP contribution < -0.4 is 0 Å². The monoisotopic (exact) mass is 701 g/mol. The van der Waals surface area contributed by atoms with Crippen molar-refractivity contribution in [1.82, 2.24) is 15.0 Å². The highest BCUT2D eigenvalue weighted by molar-refractivity contribution is 6.16. The van der Waals surface area contributed by atoms with Crippen molar-refractivity contribution in [1.29, 1.82) is 0 Å². The fourth-order valence-electron chi connectivity index (χ4n) is 8.86. The van der Waals surface area contributed by atoms with Crippen LogP contribution >= 0.6 is 0 Å². The van der Waals surface area contributed by atoms with Crippen LogP contribution in [0.3, 0.4) is 0 Å². The fraction of sp³-hybridized carbons (Fsp3) is 0.0577. The minimum Gasteiger partial charge on any atom is -0.247 e. The van der Waals surface area contributed by atoms with E-state index in [4.69, 9.17) is 15.0 Å². The van der Waals surface area contributed by atoms with Crippen molar-refractivity contribution in [2.75, 3.05) is 0 Å². The molecule has 258 valence electrons. The number of hydrogen-bond acceptors (Lipinski definition) is 3. The second kappa shape index (κ2) is 12.0. The van der Waals surface area contributed by atoms with Crippen molar-refractivity contribution < 1.29 is 0 Å². The molecule has 0 saturated carbocycles. The summed E-state index contributed by atoms with van der Waals surface area (Å²) in [7, 11) is 0. The molecule has 1 aliphatic carbocycles. The first-order valence-electron chi connectivity index (χ1n) is 18.9. The van der Waals surface area contributed by atoms with Crippen LogP contribution in [0.15, 0.2) is 176 Å². The van der Waals surface area contributed by atoms with Gasteiger partial charge in [-0.2, -0.15) is 0 Å². The van der Waals surface area contributed by atoms with Gasteiger partial charge < -0.3 is 0 Å². The van der Waals surface area contributed by atoms with Gasteiger partial charge in [0, 0.05) is 38.3 Å². The number of aromatic nitrogens is 3. The average molecular weight is 702 g/mol. The second-order valence-corrected chi connectivity index (χ2v) is 15.2. The summed E-state index contributed by atoms with van der Waals surface area (Å²) in [5.41, 5.74) is 16.5. The third-order valence-corrected chi connectivity index (χ3v) is 11.6. The zero-order chi connectivity index (χ0) is 36.7. The molecule has 0 fully saturated rings. The predicted octanol–water partition coefficient (Wildman–Crippen LogP) is 13.5. The van der Waals surface area contributed by atoms with Gasteiger partial charge >= 0.3 is 0 Å². The lowest BCUT2D eigenvalue weighted by molar-refractivity contribution is 0.662. The van der Waals surface area contributed by atoms with E-state index in [1.165, 1.54) is 55.1 Å². The molecule has 3 nitrogen and oxygen atoms in total. The van der Waals surface area contributed by atoms with E-state index in [2.05, 4.69) is 172 Å². The van der Waals surface area contributed by atoms with E-state index < -0.39 is 0 Å². The van der Waals surface area contributed by atoms with Crippen LogP contribution in [0.5, 0.6) is 0 Å². The normalized spacial score (nSPS) is 13.1. The smallest absolute Gasteiger partial charge is 0.0972 e. The van der Waals surface area contributed by atoms with Crippen LogP contribution in [0.2, 0.25) is 0 Å². The van der Waals surface area contributed by atoms with E-state index in [1.54, 1.807) is 0 Å². The van der Waals surface area contributed by atoms with Gasteiger partial charge in [0.15, 0.2) is 0 Å². The molecule has 0 spiro atoms. The van der Waals surface area contributed by atoms with Gasteiger partial charge in [-0.25, -0.2) is 15.0 Å². The number of rotatable bonds is 4. The first kappa shape index (κ1) is 31.5. The zero-order valence-corrected chi connectivity index (χ0v) is 30.6. The van der Waals surface area contributed by atoms with Crippen LogP contribution in [-0.4, -0.2) is 15.0 Å². The Kier molecular flexibility index (Phi) is 6.90. The predicted molar refractivity (Wildman–Crippen MR) is 229 cm³/mol. The molecule has 11 rings (SSSR count). The standard InChI is InChI=1S/C52H35N3/c1-52(2)42-15-9-8-14-41(42)51-48(52)46(47-40-13-7-6-10-34(40)26-31-45(47)55-51)37-22-18-33(19-23-37)32-16-20-36(21-17-32)44-30-28-39-25-24-38-27-29-43(35-11-4-3-5-12-35)53-49(38)50(39)54-44/h3-31H,1-2H3. The Bertz CT molecular complexity index is 3140. The van der Waals surface area contributed by atoms with Crippen LogP contribution in [0, 0.1) is 0 Å². The molecule has 3 heteroatoms. The molecule has 55 heavy (non-hydrogen) atoms. The van der Waals surface area contributed by atoms with E-state index in [0.29, 0.717) is 0 Å². The zero-order valence-electron chi connectivity index (χ0n) is 30.6. The molecular weight excluding hydrogens is 667 g/mol. The summed E-state index contributed by atoms with van der Waals surface area (Å²) in [6.45, 7) is 4.70. The topological polar surface area (TPSA) is 38.7 Å². The summed E-state index contributed by atoms with van der Waals surface area (Å²) in [4.78, 5) is 15.7. The van der Waals surface area contributed by atoms with Gasteiger partial charge in [0.1, 0.15) is 0 Å². The highest BCUT2D eigenvalue weighted by Crippen LogP contribution is 2.54. The third kappa shape index (κ3) is 4.93. The van der Waals surface area contributed by atoms with E-state index >= 15 is 0 Å². The minimum atomic E-state index is -0.197.